The maximum Gasteiger partial charge on any atom is 0.254 e. The fraction of sp³-hybridized carbons (Fsp3) is 0.562. The fourth-order valence-electron chi connectivity index (χ4n) is 3.01. The second-order valence-electron chi connectivity index (χ2n) is 5.60. The van der Waals surface area contributed by atoms with Crippen LogP contribution >= 0.6 is 0 Å². The largest absolute Gasteiger partial charge is 0.334 e. The lowest BCUT2D eigenvalue weighted by Crippen LogP contribution is -2.44. The number of benzene rings is 1. The zero-order valence-corrected chi connectivity index (χ0v) is 12.1. The number of carbonyl (C=O) groups excluding carboxylic acids is 1. The third kappa shape index (κ3) is 3.57. The third-order valence-electron chi connectivity index (χ3n) is 3.94. The maximum atomic E-state index is 13.5. The van der Waals surface area contributed by atoms with Crippen LogP contribution in [0.1, 0.15) is 48.0 Å². The van der Waals surface area contributed by atoms with Gasteiger partial charge in [-0.25, -0.2) is 4.39 Å². The van der Waals surface area contributed by atoms with Gasteiger partial charge in [-0.05, 0) is 43.5 Å². The predicted molar refractivity (Wildman–Crippen MR) is 78.1 cm³/mol. The van der Waals surface area contributed by atoms with E-state index < -0.39 is 0 Å². The Morgan fingerprint density at radius 1 is 1.30 bits per heavy atom. The first-order valence-corrected chi connectivity index (χ1v) is 7.40. The van der Waals surface area contributed by atoms with Gasteiger partial charge in [-0.2, -0.15) is 0 Å². The van der Waals surface area contributed by atoms with Crippen LogP contribution in [0.15, 0.2) is 18.2 Å². The van der Waals surface area contributed by atoms with Gasteiger partial charge in [0.2, 0.25) is 0 Å². The Bertz CT molecular complexity index is 449. The smallest absolute Gasteiger partial charge is 0.254 e. The van der Waals surface area contributed by atoms with Crippen molar-refractivity contribution in [3.63, 3.8) is 0 Å². The molecule has 2 rings (SSSR count). The molecule has 1 aliphatic carbocycles. The number of nitrogens with two attached hydrogens (primary N) is 1. The molecular weight excluding hydrogens is 255 g/mol. The Morgan fingerprint density at radius 2 is 2.00 bits per heavy atom. The van der Waals surface area contributed by atoms with Gasteiger partial charge in [-0.15, -0.1) is 0 Å². The first-order chi connectivity index (χ1) is 9.61. The molecule has 2 N–H and O–H groups in total. The van der Waals surface area contributed by atoms with Crippen LogP contribution in [-0.2, 0) is 0 Å². The average Bonchev–Trinajstić information content (AvgIpc) is 2.44. The molecule has 1 aromatic carbocycles. The molecule has 1 aromatic rings. The summed E-state index contributed by atoms with van der Waals surface area (Å²) in [6.07, 6.45) is 5.60. The van der Waals surface area contributed by atoms with Crippen molar-refractivity contribution in [1.29, 1.82) is 0 Å². The first-order valence-electron chi connectivity index (χ1n) is 7.40. The second kappa shape index (κ2) is 6.84. The van der Waals surface area contributed by atoms with Crippen molar-refractivity contribution in [2.45, 2.75) is 45.1 Å². The van der Waals surface area contributed by atoms with Crippen molar-refractivity contribution in [1.82, 2.24) is 4.90 Å². The average molecular weight is 278 g/mol. The van der Waals surface area contributed by atoms with Gasteiger partial charge in [0, 0.05) is 24.7 Å². The van der Waals surface area contributed by atoms with Crippen LogP contribution in [0.25, 0.3) is 0 Å². The molecule has 1 aliphatic rings. The Hall–Kier alpha value is -1.42. The molecule has 20 heavy (non-hydrogen) atoms. The fourth-order valence-corrected chi connectivity index (χ4v) is 3.01. The third-order valence-corrected chi connectivity index (χ3v) is 3.94. The summed E-state index contributed by atoms with van der Waals surface area (Å²) in [5.74, 6) is -0.449. The summed E-state index contributed by atoms with van der Waals surface area (Å²) in [4.78, 5) is 14.5. The number of carbonyl (C=O) groups is 1. The van der Waals surface area contributed by atoms with Gasteiger partial charge in [0.25, 0.3) is 5.91 Å². The minimum atomic E-state index is -0.357. The second-order valence-corrected chi connectivity index (χ2v) is 5.60. The number of halogens is 1. The van der Waals surface area contributed by atoms with Gasteiger partial charge in [0.15, 0.2) is 0 Å². The highest BCUT2D eigenvalue weighted by molar-refractivity contribution is 5.94. The van der Waals surface area contributed by atoms with E-state index in [2.05, 4.69) is 0 Å². The number of nitrogens with zero attached hydrogens (tertiary/aromatic N) is 1. The number of hydrogen-bond acceptors (Lipinski definition) is 2. The summed E-state index contributed by atoms with van der Waals surface area (Å²) in [5, 5.41) is 0. The van der Waals surface area contributed by atoms with Crippen LogP contribution in [0.4, 0.5) is 4.39 Å². The minimum Gasteiger partial charge on any atom is -0.334 e. The van der Waals surface area contributed by atoms with Crippen molar-refractivity contribution in [2.24, 2.45) is 5.73 Å². The van der Waals surface area contributed by atoms with Crippen LogP contribution in [-0.4, -0.2) is 29.9 Å². The van der Waals surface area contributed by atoms with Gasteiger partial charge in [-0.1, -0.05) is 19.3 Å². The molecule has 1 fully saturated rings. The van der Waals surface area contributed by atoms with E-state index in [1.54, 1.807) is 13.0 Å². The standard InChI is InChI=1S/C16H23FN2O/c1-12-9-13(11-14(17)10-12)16(20)19(8-7-18)15-5-3-2-4-6-15/h9-11,15H,2-8,18H2,1H3. The normalized spacial score (nSPS) is 16.1. The molecule has 4 heteroatoms. The first kappa shape index (κ1) is 15.0. The van der Waals surface area contributed by atoms with E-state index in [0.29, 0.717) is 18.7 Å². The van der Waals surface area contributed by atoms with E-state index in [0.717, 1.165) is 31.2 Å². The highest BCUT2D eigenvalue weighted by Gasteiger charge is 2.26. The lowest BCUT2D eigenvalue weighted by Gasteiger charge is -2.34. The highest BCUT2D eigenvalue weighted by Crippen LogP contribution is 2.24. The van der Waals surface area contributed by atoms with Crippen molar-refractivity contribution < 1.29 is 9.18 Å². The Balaban J connectivity index is 2.20. The van der Waals surface area contributed by atoms with E-state index >= 15 is 0 Å². The van der Waals surface area contributed by atoms with Gasteiger partial charge in [-0.3, -0.25) is 4.79 Å². The molecule has 0 unspecified atom stereocenters. The lowest BCUT2D eigenvalue weighted by molar-refractivity contribution is 0.0641. The summed E-state index contributed by atoms with van der Waals surface area (Å²) in [6, 6.07) is 4.76. The minimum absolute atomic E-state index is 0.0926. The van der Waals surface area contributed by atoms with E-state index in [1.165, 1.54) is 18.6 Å². The number of hydrogen-bond donors (Lipinski definition) is 1. The topological polar surface area (TPSA) is 46.3 Å². The molecular formula is C16H23FN2O. The molecule has 0 aromatic heterocycles. The zero-order chi connectivity index (χ0) is 14.5. The summed E-state index contributed by atoms with van der Waals surface area (Å²) in [7, 11) is 0. The molecule has 3 nitrogen and oxygen atoms in total. The summed E-state index contributed by atoms with van der Waals surface area (Å²) >= 11 is 0. The highest BCUT2D eigenvalue weighted by atomic mass is 19.1. The number of rotatable bonds is 4. The molecule has 0 radical (unpaired) electrons. The molecule has 0 aliphatic heterocycles. The van der Waals surface area contributed by atoms with E-state index in [1.807, 2.05) is 4.90 Å². The van der Waals surface area contributed by atoms with E-state index in [9.17, 15) is 9.18 Å². The van der Waals surface area contributed by atoms with Gasteiger partial charge in [0.1, 0.15) is 5.82 Å². The van der Waals surface area contributed by atoms with E-state index in [4.69, 9.17) is 5.73 Å². The Morgan fingerprint density at radius 3 is 2.60 bits per heavy atom. The maximum absolute atomic E-state index is 13.5. The van der Waals surface area contributed by atoms with Gasteiger partial charge >= 0.3 is 0 Å². The van der Waals surface area contributed by atoms with Gasteiger partial charge < -0.3 is 10.6 Å². The Labute approximate surface area is 120 Å². The summed E-state index contributed by atoms with van der Waals surface area (Å²) in [5.41, 5.74) is 6.84. The number of aryl methyl sites for hydroxylation is 1. The van der Waals surface area contributed by atoms with Crippen molar-refractivity contribution in [3.8, 4) is 0 Å². The van der Waals surface area contributed by atoms with Crippen molar-refractivity contribution in [3.05, 3.63) is 35.1 Å². The monoisotopic (exact) mass is 278 g/mol. The SMILES string of the molecule is Cc1cc(F)cc(C(=O)N(CCN)C2CCCCC2)c1. The van der Waals surface area contributed by atoms with Crippen LogP contribution in [0.5, 0.6) is 0 Å². The molecule has 1 saturated carbocycles. The van der Waals surface area contributed by atoms with Crippen LogP contribution in [0, 0.1) is 12.7 Å². The van der Waals surface area contributed by atoms with Crippen molar-refractivity contribution >= 4 is 5.91 Å². The van der Waals surface area contributed by atoms with Crippen LogP contribution in [0.3, 0.4) is 0 Å². The molecule has 1 amide bonds. The quantitative estimate of drug-likeness (QED) is 0.920. The number of amides is 1. The molecule has 0 spiro atoms. The van der Waals surface area contributed by atoms with Gasteiger partial charge in [0.05, 0.1) is 0 Å². The predicted octanol–water partition coefficient (Wildman–Crippen LogP) is 2.87. The van der Waals surface area contributed by atoms with Crippen molar-refractivity contribution in [2.75, 3.05) is 13.1 Å². The molecule has 0 atom stereocenters. The zero-order valence-electron chi connectivity index (χ0n) is 12.1. The molecule has 0 heterocycles. The lowest BCUT2D eigenvalue weighted by atomic mass is 9.93. The summed E-state index contributed by atoms with van der Waals surface area (Å²) < 4.78 is 13.5. The molecule has 110 valence electrons. The summed E-state index contributed by atoms with van der Waals surface area (Å²) in [6.45, 7) is 2.78. The molecule has 0 saturated heterocycles. The molecule has 0 bridgehead atoms. The van der Waals surface area contributed by atoms with Crippen LogP contribution < -0.4 is 5.73 Å². The van der Waals surface area contributed by atoms with Crippen LogP contribution in [0.2, 0.25) is 0 Å². The van der Waals surface area contributed by atoms with E-state index in [-0.39, 0.29) is 17.8 Å². The Kier molecular flexibility index (Phi) is 5.12.